The summed E-state index contributed by atoms with van der Waals surface area (Å²) < 4.78 is 53.1. The standard InChI is InChI=1S/C56H64O19/c1-4-48(57)68-32-9-7-6-8-31-67-41-22-24-44(25-23-41)73-53(62)40-16-20-43(21-17-40)74-56(65)46-27-26-45(36-47(46)55(64)66-3)75-54(63)39-14-12-38(13-15-39)52(61)72-42-18-10-37(11-19-42)30-33-69-50(59)28-29-51(60)71-35-34-70-49(58)5-2/h4-5,10-11,18-19,22-27,36,38-40,43H,1-2,6-9,12-17,20-21,28-35H2,3H3. The lowest BCUT2D eigenvalue weighted by molar-refractivity contribution is -0.152. The zero-order valence-corrected chi connectivity index (χ0v) is 42.1. The van der Waals surface area contributed by atoms with E-state index in [1.165, 1.54) is 18.2 Å². The Balaban J connectivity index is 0.973. The fourth-order valence-corrected chi connectivity index (χ4v) is 8.13. The van der Waals surface area contributed by atoms with Crippen LogP contribution in [0.2, 0.25) is 0 Å². The third kappa shape index (κ3) is 20.2. The van der Waals surface area contributed by atoms with Crippen molar-refractivity contribution in [3.8, 4) is 23.0 Å². The smallest absolute Gasteiger partial charge is 0.339 e. The number of hydrogen-bond donors (Lipinski definition) is 0. The molecule has 5 rings (SSSR count). The molecule has 0 radical (unpaired) electrons. The molecule has 0 atom stereocenters. The van der Waals surface area contributed by atoms with Gasteiger partial charge in [0.05, 0.1) is 68.7 Å². The maximum Gasteiger partial charge on any atom is 0.339 e. The number of carbonyl (C=O) groups excluding carboxylic acids is 9. The van der Waals surface area contributed by atoms with E-state index in [1.54, 1.807) is 48.5 Å². The van der Waals surface area contributed by atoms with Crippen LogP contribution < -0.4 is 18.9 Å². The Morgan fingerprint density at radius 2 is 0.933 bits per heavy atom. The van der Waals surface area contributed by atoms with E-state index in [0.717, 1.165) is 50.5 Å². The van der Waals surface area contributed by atoms with Crippen molar-refractivity contribution in [1.29, 1.82) is 0 Å². The number of benzene rings is 3. The third-order valence-corrected chi connectivity index (χ3v) is 12.4. The topological polar surface area (TPSA) is 246 Å². The maximum atomic E-state index is 13.4. The first kappa shape index (κ1) is 58.1. The number of hydrogen-bond acceptors (Lipinski definition) is 19. The van der Waals surface area contributed by atoms with Gasteiger partial charge in [0.2, 0.25) is 0 Å². The minimum absolute atomic E-state index is 0.0239. The molecule has 0 unspecified atom stereocenters. The highest BCUT2D eigenvalue weighted by molar-refractivity contribution is 6.03. The second-order valence-electron chi connectivity index (χ2n) is 17.7. The van der Waals surface area contributed by atoms with Gasteiger partial charge >= 0.3 is 53.7 Å². The second kappa shape index (κ2) is 31.0. The van der Waals surface area contributed by atoms with Crippen molar-refractivity contribution in [3.63, 3.8) is 0 Å². The second-order valence-corrected chi connectivity index (χ2v) is 17.7. The Morgan fingerprint density at radius 1 is 0.480 bits per heavy atom. The van der Waals surface area contributed by atoms with Crippen LogP contribution in [0.25, 0.3) is 0 Å². The molecule has 0 aromatic heterocycles. The summed E-state index contributed by atoms with van der Waals surface area (Å²) in [6.45, 7) is 7.30. The Hall–Kier alpha value is -7.83. The SMILES string of the molecule is C=CC(=O)OCCCCCCOc1ccc(OC(=O)C2CCC(OC(=O)c3ccc(OC(=O)C4CCC(C(=O)Oc5ccc(CCOC(=O)CCC(=O)OCCOC(=O)C=C)cc5)CC4)cc3C(=O)OC)CC2)cc1. The van der Waals surface area contributed by atoms with Gasteiger partial charge in [-0.05, 0) is 137 Å². The molecule has 3 aromatic carbocycles. The van der Waals surface area contributed by atoms with Crippen LogP contribution in [0.4, 0.5) is 0 Å². The average molecular weight is 1040 g/mol. The minimum atomic E-state index is -0.837. The van der Waals surface area contributed by atoms with E-state index in [-0.39, 0.29) is 55.5 Å². The van der Waals surface area contributed by atoms with Gasteiger partial charge in [0.1, 0.15) is 42.3 Å². The molecule has 0 amide bonds. The van der Waals surface area contributed by atoms with Crippen LogP contribution in [0, 0.1) is 17.8 Å². The summed E-state index contributed by atoms with van der Waals surface area (Å²) in [7, 11) is 1.16. The molecule has 3 aromatic rings. The molecule has 19 heteroatoms. The minimum Gasteiger partial charge on any atom is -0.494 e. The summed E-state index contributed by atoms with van der Waals surface area (Å²) in [5.74, 6) is -5.27. The van der Waals surface area contributed by atoms with Crippen molar-refractivity contribution in [2.75, 3.05) is 40.1 Å². The quantitative estimate of drug-likeness (QED) is 0.0220. The third-order valence-electron chi connectivity index (χ3n) is 12.4. The van der Waals surface area contributed by atoms with Crippen molar-refractivity contribution in [1.82, 2.24) is 0 Å². The van der Waals surface area contributed by atoms with Crippen molar-refractivity contribution >= 4 is 53.7 Å². The number of rotatable bonds is 28. The van der Waals surface area contributed by atoms with Crippen molar-refractivity contribution < 1.29 is 90.5 Å². The first-order valence-corrected chi connectivity index (χ1v) is 25.0. The Kier molecular flexibility index (Phi) is 24.0. The van der Waals surface area contributed by atoms with E-state index in [2.05, 4.69) is 13.2 Å². The monoisotopic (exact) mass is 1040 g/mol. The number of unbranched alkanes of at least 4 members (excludes halogenated alkanes) is 3. The lowest BCUT2D eigenvalue weighted by Gasteiger charge is -2.27. The highest BCUT2D eigenvalue weighted by Crippen LogP contribution is 2.33. The molecule has 0 spiro atoms. The van der Waals surface area contributed by atoms with Gasteiger partial charge in [-0.1, -0.05) is 25.3 Å². The molecule has 0 saturated heterocycles. The molecule has 0 N–H and O–H groups in total. The van der Waals surface area contributed by atoms with Crippen LogP contribution >= 0.6 is 0 Å². The van der Waals surface area contributed by atoms with Crippen molar-refractivity contribution in [2.24, 2.45) is 17.8 Å². The summed E-state index contributed by atoms with van der Waals surface area (Å²) >= 11 is 0. The molecule has 2 aliphatic carbocycles. The summed E-state index contributed by atoms with van der Waals surface area (Å²) in [4.78, 5) is 111. The molecule has 0 bridgehead atoms. The van der Waals surface area contributed by atoms with Gasteiger partial charge < -0.3 is 47.4 Å². The number of methoxy groups -OCH3 is 1. The van der Waals surface area contributed by atoms with E-state index < -0.39 is 71.6 Å². The Morgan fingerprint density at radius 3 is 1.48 bits per heavy atom. The van der Waals surface area contributed by atoms with Crippen LogP contribution in [0.3, 0.4) is 0 Å². The molecule has 2 saturated carbocycles. The summed E-state index contributed by atoms with van der Waals surface area (Å²) in [5, 5.41) is 0. The average Bonchev–Trinajstić information content (AvgIpc) is 3.42. The zero-order valence-electron chi connectivity index (χ0n) is 42.1. The van der Waals surface area contributed by atoms with E-state index in [0.29, 0.717) is 88.2 Å². The van der Waals surface area contributed by atoms with Gasteiger partial charge in [0, 0.05) is 18.6 Å². The highest BCUT2D eigenvalue weighted by atomic mass is 16.6. The first-order valence-electron chi connectivity index (χ1n) is 25.0. The molecular formula is C56H64O19. The molecule has 0 heterocycles. The fraction of sp³-hybridized carbons (Fsp3) is 0.446. The molecular weight excluding hydrogens is 977 g/mol. The summed E-state index contributed by atoms with van der Waals surface area (Å²) in [6, 6.07) is 17.5. The molecule has 75 heavy (non-hydrogen) atoms. The first-order chi connectivity index (χ1) is 36.2. The van der Waals surface area contributed by atoms with E-state index in [9.17, 15) is 43.2 Å². The normalized spacial score (nSPS) is 16.9. The van der Waals surface area contributed by atoms with Crippen LogP contribution in [0.15, 0.2) is 92.0 Å². The number of carbonyl (C=O) groups is 9. The molecule has 2 aliphatic rings. The summed E-state index contributed by atoms with van der Waals surface area (Å²) in [5.41, 5.74) is 0.586. The fourth-order valence-electron chi connectivity index (χ4n) is 8.13. The Bertz CT molecular complexity index is 2440. The largest absolute Gasteiger partial charge is 0.494 e. The van der Waals surface area contributed by atoms with Gasteiger partial charge in [-0.2, -0.15) is 0 Å². The Labute approximate surface area is 435 Å². The summed E-state index contributed by atoms with van der Waals surface area (Å²) in [6.07, 6.45) is 8.12. The maximum absolute atomic E-state index is 13.4. The van der Waals surface area contributed by atoms with Crippen LogP contribution in [-0.2, 0) is 68.4 Å². The lowest BCUT2D eigenvalue weighted by Crippen LogP contribution is -2.30. The lowest BCUT2D eigenvalue weighted by atomic mass is 9.82. The zero-order chi connectivity index (χ0) is 54.0. The number of ether oxygens (including phenoxy) is 10. The van der Waals surface area contributed by atoms with E-state index in [4.69, 9.17) is 47.4 Å². The predicted molar refractivity (Wildman–Crippen MR) is 265 cm³/mol. The van der Waals surface area contributed by atoms with E-state index >= 15 is 0 Å². The van der Waals surface area contributed by atoms with Crippen molar-refractivity contribution in [2.45, 2.75) is 102 Å². The highest BCUT2D eigenvalue weighted by Gasteiger charge is 2.34. The van der Waals surface area contributed by atoms with Gasteiger partial charge in [-0.25, -0.2) is 19.2 Å². The molecule has 19 nitrogen and oxygen atoms in total. The van der Waals surface area contributed by atoms with Gasteiger partial charge in [-0.3, -0.25) is 24.0 Å². The number of esters is 9. The molecule has 0 aliphatic heterocycles. The molecule has 2 fully saturated rings. The molecule has 402 valence electrons. The van der Waals surface area contributed by atoms with Crippen LogP contribution in [0.5, 0.6) is 23.0 Å². The van der Waals surface area contributed by atoms with E-state index in [1.807, 2.05) is 0 Å². The predicted octanol–water partition coefficient (Wildman–Crippen LogP) is 7.92. The van der Waals surface area contributed by atoms with Gasteiger partial charge in [0.15, 0.2) is 0 Å². The van der Waals surface area contributed by atoms with Gasteiger partial charge in [-0.15, -0.1) is 0 Å². The van der Waals surface area contributed by atoms with Crippen LogP contribution in [0.1, 0.15) is 116 Å². The van der Waals surface area contributed by atoms with Gasteiger partial charge in [0.25, 0.3) is 0 Å². The van der Waals surface area contributed by atoms with Crippen molar-refractivity contribution in [3.05, 3.63) is 109 Å². The van der Waals surface area contributed by atoms with Crippen LogP contribution in [-0.4, -0.2) is 100.0 Å².